The zero-order chi connectivity index (χ0) is 40.3. The number of benzene rings is 1. The Kier molecular flexibility index (Phi) is 34.0. The van der Waals surface area contributed by atoms with E-state index in [1.807, 2.05) is 43.5 Å². The molecule has 0 aliphatic carbocycles. The first kappa shape index (κ1) is 51.2. The third-order valence-electron chi connectivity index (χ3n) is 7.87. The summed E-state index contributed by atoms with van der Waals surface area (Å²) in [6.45, 7) is 9.77. The van der Waals surface area contributed by atoms with Gasteiger partial charge in [0.25, 0.3) is 0 Å². The van der Waals surface area contributed by atoms with E-state index in [9.17, 15) is 38.4 Å². The maximum Gasteiger partial charge on any atom is 0.306 e. The first-order valence-corrected chi connectivity index (χ1v) is 20.2. The summed E-state index contributed by atoms with van der Waals surface area (Å²) in [5.41, 5.74) is 2.88. The predicted octanol–water partition coefficient (Wildman–Crippen LogP) is 7.36. The van der Waals surface area contributed by atoms with Crippen molar-refractivity contribution in [1.29, 1.82) is 0 Å². The van der Waals surface area contributed by atoms with E-state index in [-0.39, 0.29) is 60.5 Å². The van der Waals surface area contributed by atoms with Crippen molar-refractivity contribution in [2.75, 3.05) is 31.0 Å². The Morgan fingerprint density at radius 3 is 1.62 bits per heavy atom. The molecule has 0 amide bonds. The predicted molar refractivity (Wildman–Crippen MR) is 214 cm³/mol. The molecule has 0 heterocycles. The van der Waals surface area contributed by atoms with E-state index in [0.29, 0.717) is 48.4 Å². The fourth-order valence-corrected chi connectivity index (χ4v) is 6.15. The van der Waals surface area contributed by atoms with Gasteiger partial charge in [-0.1, -0.05) is 67.2 Å². The van der Waals surface area contributed by atoms with Crippen molar-refractivity contribution in [3.8, 4) is 0 Å². The van der Waals surface area contributed by atoms with Crippen molar-refractivity contribution in [2.45, 2.75) is 86.0 Å². The molecule has 3 atom stereocenters. The van der Waals surface area contributed by atoms with Crippen LogP contribution in [-0.4, -0.2) is 79.5 Å². The quantitative estimate of drug-likeness (QED) is 0.0422. The third-order valence-corrected chi connectivity index (χ3v) is 9.47. The molecule has 0 aliphatic rings. The molecule has 0 aliphatic heterocycles. The molecular formula is C41H58O10S2. The summed E-state index contributed by atoms with van der Waals surface area (Å²) in [6.07, 6.45) is 14.2. The van der Waals surface area contributed by atoms with Crippen LogP contribution in [0.5, 0.6) is 0 Å². The van der Waals surface area contributed by atoms with Crippen molar-refractivity contribution in [1.82, 2.24) is 0 Å². The molecule has 0 unspecified atom stereocenters. The van der Waals surface area contributed by atoms with Crippen LogP contribution in [0.4, 0.5) is 0 Å². The van der Waals surface area contributed by atoms with Gasteiger partial charge in [-0.3, -0.25) is 28.8 Å². The minimum atomic E-state index is -0.363. The molecule has 10 nitrogen and oxygen atoms in total. The van der Waals surface area contributed by atoms with Crippen LogP contribution in [0, 0.1) is 17.8 Å². The lowest BCUT2D eigenvalue weighted by molar-refractivity contribution is -0.145. The molecule has 0 saturated carbocycles. The molecule has 0 radical (unpaired) electrons. The molecule has 0 bridgehead atoms. The van der Waals surface area contributed by atoms with E-state index in [0.717, 1.165) is 50.2 Å². The number of aldehydes is 5. The maximum atomic E-state index is 12.0. The van der Waals surface area contributed by atoms with Gasteiger partial charge in [0.15, 0.2) is 5.12 Å². The number of rotatable bonds is 25. The summed E-state index contributed by atoms with van der Waals surface area (Å²) in [6, 6.07) is 9.98. The van der Waals surface area contributed by atoms with Gasteiger partial charge in [-0.05, 0) is 87.2 Å². The topological polar surface area (TPSA) is 155 Å². The summed E-state index contributed by atoms with van der Waals surface area (Å²) in [5, 5.41) is 0.0268. The van der Waals surface area contributed by atoms with Crippen LogP contribution < -0.4 is 0 Å². The van der Waals surface area contributed by atoms with Crippen LogP contribution in [0.3, 0.4) is 0 Å². The van der Waals surface area contributed by atoms with Crippen molar-refractivity contribution >= 4 is 72.0 Å². The summed E-state index contributed by atoms with van der Waals surface area (Å²) >= 11 is 2.96. The molecule has 0 fully saturated rings. The highest BCUT2D eigenvalue weighted by atomic mass is 32.2. The van der Waals surface area contributed by atoms with Crippen molar-refractivity contribution in [3.63, 3.8) is 0 Å². The second-order valence-corrected chi connectivity index (χ2v) is 13.6. The Balaban J connectivity index is 0. The average Bonchev–Trinajstić information content (AvgIpc) is 3.15. The highest BCUT2D eigenvalue weighted by Gasteiger charge is 2.19. The molecule has 0 aromatic heterocycles. The second kappa shape index (κ2) is 35.1. The lowest BCUT2D eigenvalue weighted by Crippen LogP contribution is -2.15. The van der Waals surface area contributed by atoms with E-state index in [1.54, 1.807) is 57.7 Å². The van der Waals surface area contributed by atoms with Crippen molar-refractivity contribution < 1.29 is 47.8 Å². The minimum absolute atomic E-state index is 0.00319. The lowest BCUT2D eigenvalue weighted by atomic mass is 9.93. The molecule has 0 spiro atoms. The molecule has 0 saturated heterocycles. The summed E-state index contributed by atoms with van der Waals surface area (Å²) < 4.78 is 9.88. The zero-order valence-electron chi connectivity index (χ0n) is 32.1. The molecular weight excluding hydrogens is 717 g/mol. The highest BCUT2D eigenvalue weighted by molar-refractivity contribution is 8.13. The van der Waals surface area contributed by atoms with Crippen molar-refractivity contribution in [2.24, 2.45) is 17.8 Å². The van der Waals surface area contributed by atoms with E-state index in [1.165, 1.54) is 17.3 Å². The summed E-state index contributed by atoms with van der Waals surface area (Å²) in [4.78, 5) is 88.3. The molecule has 12 heteroatoms. The summed E-state index contributed by atoms with van der Waals surface area (Å²) in [7, 11) is 0. The van der Waals surface area contributed by atoms with E-state index in [4.69, 9.17) is 9.47 Å². The lowest BCUT2D eigenvalue weighted by Gasteiger charge is -2.13. The standard InChI is InChI=1S/C17H20O3S.C13H20O4S.C11H18O3/c1-2-15(13-19)16(8-10-18)12-17(20)21-11-9-14-6-4-3-5-7-14;1-3-11(10-15)12(5-6-14)9-13(16)17-7-4-8-18-2;1-4-9(10(5-2)8-12)7-11(13)14-6-3/h2-7,10,13,16H,8-9,11-12H2,1H3;3,6,10,12H,4-5,7-9H2,1-2H3;5,8-9H,4,6-7H2,1-3H3/b15-2-;11-3-;10-5-/t16-;12-;9-/m000/s1. The number of carbonyl (C=O) groups is 8. The largest absolute Gasteiger partial charge is 0.466 e. The fraction of sp³-hybridized carbons (Fsp3) is 0.512. The molecule has 1 aromatic rings. The van der Waals surface area contributed by atoms with Crippen molar-refractivity contribution in [3.05, 3.63) is 70.8 Å². The Morgan fingerprint density at radius 1 is 0.679 bits per heavy atom. The van der Waals surface area contributed by atoms with Gasteiger partial charge in [0.05, 0.1) is 26.1 Å². The first-order chi connectivity index (χ1) is 25.6. The average molecular weight is 775 g/mol. The zero-order valence-corrected chi connectivity index (χ0v) is 33.8. The highest BCUT2D eigenvalue weighted by Crippen LogP contribution is 2.22. The maximum absolute atomic E-state index is 12.0. The fourth-order valence-electron chi connectivity index (χ4n) is 4.86. The Morgan fingerprint density at radius 2 is 1.17 bits per heavy atom. The number of esters is 2. The number of ether oxygens (including phenoxy) is 2. The molecule has 1 rings (SSSR count). The normalized spacial score (nSPS) is 13.0. The minimum Gasteiger partial charge on any atom is -0.466 e. The monoisotopic (exact) mass is 774 g/mol. The smallest absolute Gasteiger partial charge is 0.306 e. The third kappa shape index (κ3) is 25.7. The van der Waals surface area contributed by atoms with Crippen LogP contribution >= 0.6 is 23.5 Å². The van der Waals surface area contributed by atoms with Gasteiger partial charge in [-0.2, -0.15) is 11.8 Å². The Labute approximate surface area is 324 Å². The van der Waals surface area contributed by atoms with Gasteiger partial charge in [-0.15, -0.1) is 0 Å². The van der Waals surface area contributed by atoms with Crippen LogP contribution in [0.15, 0.2) is 65.3 Å². The molecule has 0 N–H and O–H groups in total. The molecule has 1 aromatic carbocycles. The van der Waals surface area contributed by atoms with Crippen LogP contribution in [-0.2, 0) is 54.3 Å². The van der Waals surface area contributed by atoms with Gasteiger partial charge < -0.3 is 19.1 Å². The van der Waals surface area contributed by atoms with Gasteiger partial charge in [0.1, 0.15) is 31.4 Å². The number of aryl methyl sites for hydroxylation is 1. The van der Waals surface area contributed by atoms with Gasteiger partial charge in [-0.25, -0.2) is 0 Å². The van der Waals surface area contributed by atoms with Crippen LogP contribution in [0.1, 0.15) is 85.1 Å². The molecule has 53 heavy (non-hydrogen) atoms. The molecule has 294 valence electrons. The number of carbonyl (C=O) groups excluding carboxylic acids is 8. The number of hydrogen-bond donors (Lipinski definition) is 0. The van der Waals surface area contributed by atoms with Crippen LogP contribution in [0.25, 0.3) is 0 Å². The Bertz CT molecular complexity index is 1320. The second-order valence-electron chi connectivity index (χ2n) is 11.5. The number of thioether (sulfide) groups is 2. The van der Waals surface area contributed by atoms with E-state index < -0.39 is 0 Å². The number of hydrogen-bond acceptors (Lipinski definition) is 12. The summed E-state index contributed by atoms with van der Waals surface area (Å²) in [5.74, 6) is 0.406. The van der Waals surface area contributed by atoms with E-state index >= 15 is 0 Å². The van der Waals surface area contributed by atoms with Gasteiger partial charge in [0, 0.05) is 36.9 Å². The van der Waals surface area contributed by atoms with Crippen LogP contribution in [0.2, 0.25) is 0 Å². The first-order valence-electron chi connectivity index (χ1n) is 17.8. The number of allylic oxidation sites excluding steroid dienone is 6. The van der Waals surface area contributed by atoms with E-state index in [2.05, 4.69) is 0 Å². The van der Waals surface area contributed by atoms with Gasteiger partial charge >= 0.3 is 11.9 Å². The van der Waals surface area contributed by atoms with Gasteiger partial charge in [0.2, 0.25) is 0 Å². The Hall–Kier alpha value is -3.90. The SMILES string of the molecule is C/C=C(/C=O)[C@@H](CC)CC(=O)OCC.C/C=C(/C=O)[C@@H](CC=O)CC(=O)OCCCSC.C/C=C(/C=O)[C@@H](CC=O)CC(=O)SCCc1ccccc1.